The molecule has 0 aromatic heterocycles. The number of hydrogen-bond donors (Lipinski definition) is 1. The number of allylic oxidation sites excluding steroid dienone is 2. The lowest BCUT2D eigenvalue weighted by molar-refractivity contribution is 0.0499. The van der Waals surface area contributed by atoms with E-state index in [9.17, 15) is 4.79 Å². The zero-order chi connectivity index (χ0) is 16.6. The normalized spacial score (nSPS) is 14.6. The molecule has 122 valence electrons. The van der Waals surface area contributed by atoms with E-state index in [-0.39, 0.29) is 12.1 Å². The highest BCUT2D eigenvalue weighted by atomic mass is 16.6. The molecule has 0 aliphatic carbocycles. The van der Waals surface area contributed by atoms with Crippen molar-refractivity contribution < 1.29 is 9.53 Å². The predicted octanol–water partition coefficient (Wildman–Crippen LogP) is 4.72. The first-order valence-electron chi connectivity index (χ1n) is 7.96. The zero-order valence-electron chi connectivity index (χ0n) is 14.4. The first-order valence-corrected chi connectivity index (χ1v) is 7.96. The van der Waals surface area contributed by atoms with Crippen LogP contribution in [0.25, 0.3) is 0 Å². The Labute approximate surface area is 134 Å². The Hall–Kier alpha value is -1.77. The first kappa shape index (κ1) is 18.3. The van der Waals surface area contributed by atoms with Crippen molar-refractivity contribution in [2.45, 2.75) is 59.1 Å². The van der Waals surface area contributed by atoms with Crippen LogP contribution >= 0.6 is 0 Å². The Bertz CT molecular complexity index is 474. The van der Waals surface area contributed by atoms with E-state index in [2.05, 4.69) is 36.5 Å². The van der Waals surface area contributed by atoms with E-state index in [1.54, 1.807) is 0 Å². The van der Waals surface area contributed by atoms with E-state index in [0.29, 0.717) is 5.92 Å². The largest absolute Gasteiger partial charge is 0.444 e. The summed E-state index contributed by atoms with van der Waals surface area (Å²) in [5.41, 5.74) is 0.743. The molecular formula is C19H29NO2. The van der Waals surface area contributed by atoms with Gasteiger partial charge >= 0.3 is 6.09 Å². The molecule has 1 aromatic rings. The molecule has 1 aromatic carbocycles. The molecule has 3 heteroatoms. The second-order valence-corrected chi connectivity index (χ2v) is 6.77. The van der Waals surface area contributed by atoms with E-state index >= 15 is 0 Å². The summed E-state index contributed by atoms with van der Waals surface area (Å²) in [5.74, 6) is 0.411. The maximum absolute atomic E-state index is 12.0. The number of carbonyl (C=O) groups is 1. The van der Waals surface area contributed by atoms with Crippen LogP contribution in [0.3, 0.4) is 0 Å². The third kappa shape index (κ3) is 7.87. The molecule has 1 rings (SSSR count). The number of amides is 1. The predicted molar refractivity (Wildman–Crippen MR) is 91.9 cm³/mol. The van der Waals surface area contributed by atoms with Gasteiger partial charge in [-0.3, -0.25) is 0 Å². The van der Waals surface area contributed by atoms with Crippen LogP contribution in [0, 0.1) is 5.92 Å². The lowest BCUT2D eigenvalue weighted by Gasteiger charge is -2.25. The standard InChI is InChI=1S/C19H29NO2/c1-6-10-15(2)13-17(14-16-11-8-7-9-12-16)20-18(21)22-19(3,4)5/h6-12,15,17H,13-14H2,1-5H3,(H,20,21)/b10-6+/t15?,17-/m1/s1. The van der Waals surface area contributed by atoms with E-state index in [1.165, 1.54) is 5.56 Å². The molecule has 0 radical (unpaired) electrons. The minimum absolute atomic E-state index is 0.0587. The van der Waals surface area contributed by atoms with E-state index in [1.807, 2.05) is 45.9 Å². The van der Waals surface area contributed by atoms with Crippen molar-refractivity contribution in [1.29, 1.82) is 0 Å². The van der Waals surface area contributed by atoms with Gasteiger partial charge in [-0.25, -0.2) is 4.79 Å². The number of alkyl carbamates (subject to hydrolysis) is 1. The van der Waals surface area contributed by atoms with Gasteiger partial charge in [-0.2, -0.15) is 0 Å². The van der Waals surface area contributed by atoms with Gasteiger partial charge in [0.15, 0.2) is 0 Å². The number of nitrogens with one attached hydrogen (secondary N) is 1. The average molecular weight is 303 g/mol. The summed E-state index contributed by atoms with van der Waals surface area (Å²) in [4.78, 5) is 12.0. The van der Waals surface area contributed by atoms with Crippen molar-refractivity contribution in [2.75, 3.05) is 0 Å². The molecule has 1 N–H and O–H groups in total. The molecule has 0 aliphatic heterocycles. The van der Waals surface area contributed by atoms with Gasteiger partial charge in [0.2, 0.25) is 0 Å². The maximum atomic E-state index is 12.0. The molecule has 0 saturated carbocycles. The fourth-order valence-corrected chi connectivity index (χ4v) is 2.42. The number of benzene rings is 1. The van der Waals surface area contributed by atoms with Gasteiger partial charge in [-0.15, -0.1) is 0 Å². The highest BCUT2D eigenvalue weighted by Gasteiger charge is 2.20. The molecule has 0 spiro atoms. The molecule has 0 aliphatic rings. The van der Waals surface area contributed by atoms with Crippen molar-refractivity contribution >= 4 is 6.09 Å². The third-order valence-corrected chi connectivity index (χ3v) is 3.22. The summed E-state index contributed by atoms with van der Waals surface area (Å²) >= 11 is 0. The Balaban J connectivity index is 2.71. The minimum atomic E-state index is -0.476. The Morgan fingerprint density at radius 2 is 1.91 bits per heavy atom. The van der Waals surface area contributed by atoms with Gasteiger partial charge in [0.25, 0.3) is 0 Å². The quantitative estimate of drug-likeness (QED) is 0.772. The van der Waals surface area contributed by atoms with Crippen LogP contribution in [-0.2, 0) is 11.2 Å². The van der Waals surface area contributed by atoms with Crippen LogP contribution in [-0.4, -0.2) is 17.7 Å². The summed E-state index contributed by atoms with van der Waals surface area (Å²) < 4.78 is 5.38. The van der Waals surface area contributed by atoms with Crippen LogP contribution in [0.15, 0.2) is 42.5 Å². The van der Waals surface area contributed by atoms with Crippen LogP contribution in [0.5, 0.6) is 0 Å². The number of ether oxygens (including phenoxy) is 1. The summed E-state index contributed by atoms with van der Waals surface area (Å²) in [6.45, 7) is 9.81. The molecule has 0 saturated heterocycles. The maximum Gasteiger partial charge on any atom is 0.407 e. The Morgan fingerprint density at radius 1 is 1.27 bits per heavy atom. The highest BCUT2D eigenvalue weighted by Crippen LogP contribution is 2.14. The first-order chi connectivity index (χ1) is 10.3. The van der Waals surface area contributed by atoms with Gasteiger partial charge in [0, 0.05) is 6.04 Å². The number of carbonyl (C=O) groups excluding carboxylic acids is 1. The molecule has 22 heavy (non-hydrogen) atoms. The molecule has 0 bridgehead atoms. The van der Waals surface area contributed by atoms with Gasteiger partial charge in [0.1, 0.15) is 5.60 Å². The molecule has 3 nitrogen and oxygen atoms in total. The fourth-order valence-electron chi connectivity index (χ4n) is 2.42. The molecule has 0 fully saturated rings. The lowest BCUT2D eigenvalue weighted by atomic mass is 9.96. The number of hydrogen-bond acceptors (Lipinski definition) is 2. The van der Waals surface area contributed by atoms with Crippen molar-refractivity contribution in [2.24, 2.45) is 5.92 Å². The van der Waals surface area contributed by atoms with Crippen LogP contribution in [0.4, 0.5) is 4.79 Å². The summed E-state index contributed by atoms with van der Waals surface area (Å²) in [7, 11) is 0. The van der Waals surface area contributed by atoms with Gasteiger partial charge in [-0.1, -0.05) is 49.4 Å². The van der Waals surface area contributed by atoms with Gasteiger partial charge < -0.3 is 10.1 Å². The van der Waals surface area contributed by atoms with E-state index < -0.39 is 5.60 Å². The van der Waals surface area contributed by atoms with E-state index in [0.717, 1.165) is 12.8 Å². The third-order valence-electron chi connectivity index (χ3n) is 3.22. The molecular weight excluding hydrogens is 274 g/mol. The molecule has 1 amide bonds. The van der Waals surface area contributed by atoms with Gasteiger partial charge in [-0.05, 0) is 52.0 Å². The molecule has 2 atom stereocenters. The summed E-state index contributed by atoms with van der Waals surface area (Å²) in [5, 5.41) is 3.02. The summed E-state index contributed by atoms with van der Waals surface area (Å²) in [6.07, 6.45) is 5.56. The second-order valence-electron chi connectivity index (χ2n) is 6.77. The van der Waals surface area contributed by atoms with Crippen molar-refractivity contribution in [3.63, 3.8) is 0 Å². The second kappa shape index (κ2) is 8.62. The van der Waals surface area contributed by atoms with Crippen LogP contribution in [0.1, 0.15) is 46.6 Å². The van der Waals surface area contributed by atoms with Crippen LogP contribution in [0.2, 0.25) is 0 Å². The Morgan fingerprint density at radius 3 is 2.45 bits per heavy atom. The van der Waals surface area contributed by atoms with E-state index in [4.69, 9.17) is 4.74 Å². The minimum Gasteiger partial charge on any atom is -0.444 e. The van der Waals surface area contributed by atoms with Crippen LogP contribution < -0.4 is 5.32 Å². The molecule has 1 unspecified atom stereocenters. The van der Waals surface area contributed by atoms with Crippen molar-refractivity contribution in [3.8, 4) is 0 Å². The molecule has 0 heterocycles. The lowest BCUT2D eigenvalue weighted by Crippen LogP contribution is -2.41. The fraction of sp³-hybridized carbons (Fsp3) is 0.526. The number of rotatable bonds is 6. The Kier molecular flexibility index (Phi) is 7.16. The van der Waals surface area contributed by atoms with Crippen molar-refractivity contribution in [3.05, 3.63) is 48.0 Å². The smallest absolute Gasteiger partial charge is 0.407 e. The monoisotopic (exact) mass is 303 g/mol. The highest BCUT2D eigenvalue weighted by molar-refractivity contribution is 5.68. The van der Waals surface area contributed by atoms with Gasteiger partial charge in [0.05, 0.1) is 0 Å². The topological polar surface area (TPSA) is 38.3 Å². The summed E-state index contributed by atoms with van der Waals surface area (Å²) in [6, 6.07) is 10.3. The van der Waals surface area contributed by atoms with Crippen molar-refractivity contribution in [1.82, 2.24) is 5.32 Å². The average Bonchev–Trinajstić information content (AvgIpc) is 2.37. The SMILES string of the molecule is C/C=C/C(C)C[C@H](Cc1ccccc1)NC(=O)OC(C)(C)C. The zero-order valence-corrected chi connectivity index (χ0v) is 14.4.